The van der Waals surface area contributed by atoms with E-state index in [4.69, 9.17) is 5.26 Å². The minimum atomic E-state index is -3.83. The van der Waals surface area contributed by atoms with Gasteiger partial charge in [0.2, 0.25) is 0 Å². The van der Waals surface area contributed by atoms with Gasteiger partial charge in [-0.25, -0.2) is 5.01 Å². The smallest absolute Gasteiger partial charge is 0.285 e. The minimum absolute atomic E-state index is 0.0252. The number of hydrogen-bond acceptors (Lipinski definition) is 6. The van der Waals surface area contributed by atoms with Gasteiger partial charge in [0.25, 0.3) is 10.0 Å². The Hall–Kier alpha value is -4.22. The number of rotatable bonds is 6. The molecule has 0 fully saturated rings. The van der Waals surface area contributed by atoms with Crippen LogP contribution in [0.5, 0.6) is 5.75 Å². The molecule has 8 heteroatoms. The first-order chi connectivity index (χ1) is 16.0. The van der Waals surface area contributed by atoms with Crippen LogP contribution in [-0.4, -0.2) is 37.1 Å². The van der Waals surface area contributed by atoms with Crippen LogP contribution in [0.25, 0.3) is 12.2 Å². The van der Waals surface area contributed by atoms with Gasteiger partial charge in [0, 0.05) is 11.1 Å². The number of fused-ring (bicyclic) bond motifs is 1. The maximum absolute atomic E-state index is 12.4. The van der Waals surface area contributed by atoms with E-state index in [0.29, 0.717) is 11.1 Å². The highest BCUT2D eigenvalue weighted by molar-refractivity contribution is 7.90. The van der Waals surface area contributed by atoms with Crippen LogP contribution in [0.2, 0.25) is 0 Å². The van der Waals surface area contributed by atoms with Crippen LogP contribution < -0.4 is 0 Å². The largest absolute Gasteiger partial charge is 0.507 e. The van der Waals surface area contributed by atoms with Crippen molar-refractivity contribution in [3.63, 3.8) is 0 Å². The Morgan fingerprint density at radius 2 is 1.73 bits per heavy atom. The molecule has 7 nitrogen and oxygen atoms in total. The van der Waals surface area contributed by atoms with Crippen molar-refractivity contribution in [1.82, 2.24) is 5.01 Å². The lowest BCUT2D eigenvalue weighted by Gasteiger charge is -2.17. The Morgan fingerprint density at radius 1 is 1.00 bits per heavy atom. The zero-order chi connectivity index (χ0) is 23.3. The summed E-state index contributed by atoms with van der Waals surface area (Å²) in [6, 6.07) is 23.5. The van der Waals surface area contributed by atoms with Gasteiger partial charge in [-0.3, -0.25) is 0 Å². The van der Waals surface area contributed by atoms with Crippen LogP contribution in [0, 0.1) is 11.3 Å². The second-order valence-electron chi connectivity index (χ2n) is 7.22. The molecule has 0 spiro atoms. The number of aromatic hydroxyl groups is 1. The quantitative estimate of drug-likeness (QED) is 0.339. The van der Waals surface area contributed by atoms with Gasteiger partial charge in [0.15, 0.2) is 5.84 Å². The normalized spacial score (nSPS) is 14.2. The van der Waals surface area contributed by atoms with E-state index >= 15 is 0 Å². The zero-order valence-electron chi connectivity index (χ0n) is 17.5. The molecule has 0 radical (unpaired) electrons. The Labute approximate surface area is 192 Å². The fourth-order valence-corrected chi connectivity index (χ4v) is 4.52. The average molecular weight is 457 g/mol. The van der Waals surface area contributed by atoms with E-state index in [-0.39, 0.29) is 29.4 Å². The van der Waals surface area contributed by atoms with E-state index in [1.807, 2.05) is 48.6 Å². The number of phenols is 1. The summed E-state index contributed by atoms with van der Waals surface area (Å²) >= 11 is 0. The third-order valence-corrected chi connectivity index (χ3v) is 6.27. The third kappa shape index (κ3) is 5.00. The van der Waals surface area contributed by atoms with Gasteiger partial charge in [-0.15, -0.1) is 4.40 Å². The lowest BCUT2D eigenvalue weighted by Crippen LogP contribution is -2.27. The van der Waals surface area contributed by atoms with Crippen LogP contribution in [0.15, 0.2) is 87.2 Å². The summed E-state index contributed by atoms with van der Waals surface area (Å²) in [6.45, 7) is 0.143. The summed E-state index contributed by atoms with van der Waals surface area (Å²) in [5.41, 5.74) is 2.77. The zero-order valence-corrected chi connectivity index (χ0v) is 18.4. The summed E-state index contributed by atoms with van der Waals surface area (Å²) in [7, 11) is -3.83. The molecule has 3 aromatic rings. The molecule has 0 saturated heterocycles. The molecule has 0 aromatic heterocycles. The predicted molar refractivity (Wildman–Crippen MR) is 128 cm³/mol. The minimum Gasteiger partial charge on any atom is -0.507 e. The van der Waals surface area contributed by atoms with Gasteiger partial charge in [0.05, 0.1) is 25.2 Å². The second kappa shape index (κ2) is 9.51. The van der Waals surface area contributed by atoms with Crippen LogP contribution in [0.3, 0.4) is 0 Å². The molecule has 0 unspecified atom stereocenters. The molecule has 4 rings (SSSR count). The van der Waals surface area contributed by atoms with Crippen molar-refractivity contribution < 1.29 is 13.5 Å². The molecule has 1 heterocycles. The monoisotopic (exact) mass is 456 g/mol. The molecule has 0 saturated carbocycles. The first kappa shape index (κ1) is 22.0. The van der Waals surface area contributed by atoms with Crippen molar-refractivity contribution >= 4 is 34.2 Å². The third-order valence-electron chi connectivity index (χ3n) is 4.95. The van der Waals surface area contributed by atoms with Crippen molar-refractivity contribution in [2.75, 3.05) is 6.54 Å². The van der Waals surface area contributed by atoms with Gasteiger partial charge >= 0.3 is 0 Å². The van der Waals surface area contributed by atoms with Crippen molar-refractivity contribution in [2.24, 2.45) is 9.50 Å². The van der Waals surface area contributed by atoms with E-state index in [9.17, 15) is 13.5 Å². The molecular formula is C25H20N4O3S. The molecule has 1 aliphatic heterocycles. The molecule has 33 heavy (non-hydrogen) atoms. The van der Waals surface area contributed by atoms with E-state index < -0.39 is 10.0 Å². The van der Waals surface area contributed by atoms with Crippen molar-refractivity contribution in [1.29, 1.82) is 5.26 Å². The van der Waals surface area contributed by atoms with E-state index in [0.717, 1.165) is 11.1 Å². The molecule has 164 valence electrons. The average Bonchev–Trinajstić information content (AvgIpc) is 3.11. The summed E-state index contributed by atoms with van der Waals surface area (Å²) in [5.74, 6) is 0.175. The summed E-state index contributed by atoms with van der Waals surface area (Å²) in [5, 5.41) is 25.1. The Bertz CT molecular complexity index is 1410. The number of hydrazone groups is 1. The highest BCUT2D eigenvalue weighted by Gasteiger charge is 2.31. The summed E-state index contributed by atoms with van der Waals surface area (Å²) in [4.78, 5) is 0.105. The van der Waals surface area contributed by atoms with Crippen LogP contribution >= 0.6 is 0 Å². The first-order valence-corrected chi connectivity index (χ1v) is 11.6. The number of amidine groups is 1. The number of nitriles is 1. The number of hydrogen-bond donors (Lipinski definition) is 1. The highest BCUT2D eigenvalue weighted by atomic mass is 32.2. The first-order valence-electron chi connectivity index (χ1n) is 10.2. The van der Waals surface area contributed by atoms with Gasteiger partial charge in [-0.1, -0.05) is 60.7 Å². The maximum atomic E-state index is 12.4. The molecule has 1 aliphatic rings. The lowest BCUT2D eigenvalue weighted by molar-refractivity contribution is 0.456. The van der Waals surface area contributed by atoms with Crippen LogP contribution in [-0.2, 0) is 10.0 Å². The Morgan fingerprint density at radius 3 is 2.52 bits per heavy atom. The molecule has 0 amide bonds. The predicted octanol–water partition coefficient (Wildman–Crippen LogP) is 4.26. The number of phenolic OH excluding ortho intramolecular Hbond substituents is 1. The second-order valence-corrected chi connectivity index (χ2v) is 8.80. The lowest BCUT2D eigenvalue weighted by atomic mass is 10.1. The van der Waals surface area contributed by atoms with Gasteiger partial charge in [-0.05, 0) is 35.4 Å². The van der Waals surface area contributed by atoms with E-state index in [1.165, 1.54) is 17.3 Å². The van der Waals surface area contributed by atoms with Gasteiger partial charge in [-0.2, -0.15) is 18.8 Å². The fourth-order valence-electron chi connectivity index (χ4n) is 3.32. The fraction of sp³-hybridized carbons (Fsp3) is 0.0800. The van der Waals surface area contributed by atoms with Crippen molar-refractivity contribution in [3.05, 3.63) is 95.1 Å². The van der Waals surface area contributed by atoms with E-state index in [1.54, 1.807) is 36.4 Å². The maximum Gasteiger partial charge on any atom is 0.285 e. The number of nitrogens with zero attached hydrogens (tertiary/aromatic N) is 4. The Kier molecular flexibility index (Phi) is 6.33. The van der Waals surface area contributed by atoms with Crippen molar-refractivity contribution in [3.8, 4) is 11.8 Å². The molecule has 0 atom stereocenters. The van der Waals surface area contributed by atoms with Crippen molar-refractivity contribution in [2.45, 2.75) is 11.3 Å². The van der Waals surface area contributed by atoms with Crippen LogP contribution in [0.1, 0.15) is 28.7 Å². The number of sulfonamides is 1. The number of benzene rings is 3. The van der Waals surface area contributed by atoms with Gasteiger partial charge < -0.3 is 5.11 Å². The summed E-state index contributed by atoms with van der Waals surface area (Å²) in [6.07, 6.45) is 5.43. The molecule has 3 aromatic carbocycles. The molecule has 1 N–H and O–H groups in total. The molecule has 0 bridgehead atoms. The molecule has 0 aliphatic carbocycles. The summed E-state index contributed by atoms with van der Waals surface area (Å²) < 4.78 is 28.7. The standard InChI is InChI=1S/C25H20N4O3S/c26-15-6-16-29(25-22-9-4-5-10-24(22)33(31,32)28-25)27-18-21-17-20(13-14-23(21)30)12-11-19-7-2-1-3-8-19/h1-5,7-14,17-18,30H,6,16H2/b12-11+,27-18+. The SMILES string of the molecule is N#CCCN(/N=C/c1cc(/C=C/c2ccccc2)ccc1O)C1=NS(=O)(=O)c2ccccc21. The van der Waals surface area contributed by atoms with Gasteiger partial charge in [0.1, 0.15) is 10.6 Å². The molecular weight excluding hydrogens is 436 g/mol. The Balaban J connectivity index is 1.64. The highest BCUT2D eigenvalue weighted by Crippen LogP contribution is 2.28. The van der Waals surface area contributed by atoms with E-state index in [2.05, 4.69) is 9.50 Å². The topological polar surface area (TPSA) is 106 Å². The van der Waals surface area contributed by atoms with Crippen LogP contribution in [0.4, 0.5) is 0 Å².